The van der Waals surface area contributed by atoms with Crippen LogP contribution in [-0.2, 0) is 0 Å². The minimum atomic E-state index is -0.757. The number of fused-ring (bicyclic) bond motifs is 1. The highest BCUT2D eigenvalue weighted by atomic mass is 32.1. The molecule has 1 amide bonds. The highest BCUT2D eigenvalue weighted by Gasteiger charge is 2.19. The fourth-order valence-electron chi connectivity index (χ4n) is 1.80. The lowest BCUT2D eigenvalue weighted by Crippen LogP contribution is -2.13. The van der Waals surface area contributed by atoms with Crippen LogP contribution in [-0.4, -0.2) is 16.0 Å². The third-order valence-electron chi connectivity index (χ3n) is 2.61. The number of nitrogens with two attached hydrogens (primary N) is 1. The van der Waals surface area contributed by atoms with Gasteiger partial charge in [0.05, 0.1) is 22.9 Å². The van der Waals surface area contributed by atoms with E-state index in [9.17, 15) is 9.90 Å². The van der Waals surface area contributed by atoms with Crippen LogP contribution in [0.25, 0.3) is 21.3 Å². The van der Waals surface area contributed by atoms with Crippen molar-refractivity contribution in [3.8, 4) is 17.0 Å². The van der Waals surface area contributed by atoms with Crippen LogP contribution < -0.4 is 5.73 Å². The smallest absolute Gasteiger partial charge is 0.271 e. The number of nitrogens with zero attached hydrogens (tertiary/aromatic N) is 1. The second-order valence-corrected chi connectivity index (χ2v) is 4.61. The Balaban J connectivity index is 2.41. The van der Waals surface area contributed by atoms with E-state index in [0.717, 1.165) is 10.9 Å². The van der Waals surface area contributed by atoms with Crippen LogP contribution in [0.2, 0.25) is 0 Å². The molecular formula is C12H8N2O3S. The summed E-state index contributed by atoms with van der Waals surface area (Å²) in [5.41, 5.74) is 6.40. The first-order valence-corrected chi connectivity index (χ1v) is 5.99. The van der Waals surface area contributed by atoms with Crippen molar-refractivity contribution in [3.63, 3.8) is 0 Å². The molecule has 0 spiro atoms. The van der Waals surface area contributed by atoms with Crippen LogP contribution in [0.5, 0.6) is 5.75 Å². The quantitative estimate of drug-likeness (QED) is 0.740. The molecule has 6 heteroatoms. The summed E-state index contributed by atoms with van der Waals surface area (Å²) in [5, 5.41) is 12.5. The summed E-state index contributed by atoms with van der Waals surface area (Å²) < 4.78 is 5.60. The number of hydrogen-bond donors (Lipinski definition) is 2. The van der Waals surface area contributed by atoms with Crippen molar-refractivity contribution in [2.24, 2.45) is 5.73 Å². The highest BCUT2D eigenvalue weighted by molar-refractivity contribution is 7.17. The number of carbonyl (C=O) groups excluding carboxylic acids is 1. The fraction of sp³-hybridized carbons (Fsp3) is 0. The first kappa shape index (κ1) is 10.8. The van der Waals surface area contributed by atoms with Gasteiger partial charge in [-0.15, -0.1) is 11.3 Å². The molecule has 0 atom stereocenters. The topological polar surface area (TPSA) is 89.4 Å². The van der Waals surface area contributed by atoms with Crippen molar-refractivity contribution in [2.45, 2.75) is 0 Å². The number of pyridine rings is 1. The summed E-state index contributed by atoms with van der Waals surface area (Å²) in [6.45, 7) is 0. The molecule has 3 N–H and O–H groups in total. The number of amides is 1. The van der Waals surface area contributed by atoms with Crippen LogP contribution in [0.4, 0.5) is 0 Å². The molecule has 0 aliphatic heterocycles. The number of rotatable bonds is 2. The van der Waals surface area contributed by atoms with E-state index in [1.807, 2.05) is 11.4 Å². The maximum Gasteiger partial charge on any atom is 0.271 e. The second kappa shape index (κ2) is 3.85. The molecule has 3 aromatic heterocycles. The summed E-state index contributed by atoms with van der Waals surface area (Å²) >= 11 is 1.33. The summed E-state index contributed by atoms with van der Waals surface area (Å²) in [5.74, 6) is -0.924. The zero-order valence-corrected chi connectivity index (χ0v) is 9.90. The summed E-state index contributed by atoms with van der Waals surface area (Å²) in [7, 11) is 0. The first-order valence-electron chi connectivity index (χ1n) is 5.11. The van der Waals surface area contributed by atoms with Crippen LogP contribution in [0, 0.1) is 0 Å². The van der Waals surface area contributed by atoms with Gasteiger partial charge >= 0.3 is 0 Å². The molecule has 0 saturated heterocycles. The molecule has 0 radical (unpaired) electrons. The van der Waals surface area contributed by atoms with Crippen LogP contribution in [0.15, 0.2) is 34.5 Å². The standard InChI is InChI=1S/C12H8N2O3S/c13-12(16)9-10(15)11-7(2-4-18-11)8(14-9)6-1-3-17-5-6/h1-5,15H,(H2,13,16). The van der Waals surface area contributed by atoms with Gasteiger partial charge in [0.2, 0.25) is 0 Å². The number of thiophene rings is 1. The zero-order chi connectivity index (χ0) is 12.7. The van der Waals surface area contributed by atoms with E-state index in [4.69, 9.17) is 10.2 Å². The molecule has 3 rings (SSSR count). The Morgan fingerprint density at radius 1 is 1.44 bits per heavy atom. The van der Waals surface area contributed by atoms with Crippen molar-refractivity contribution < 1.29 is 14.3 Å². The Morgan fingerprint density at radius 3 is 2.94 bits per heavy atom. The van der Waals surface area contributed by atoms with Gasteiger partial charge in [0.15, 0.2) is 11.4 Å². The Hall–Kier alpha value is -2.34. The third-order valence-corrected chi connectivity index (χ3v) is 3.53. The molecule has 0 fully saturated rings. The molecule has 5 nitrogen and oxygen atoms in total. The lowest BCUT2D eigenvalue weighted by molar-refractivity contribution is 0.0993. The van der Waals surface area contributed by atoms with Gasteiger partial charge in [0.25, 0.3) is 5.91 Å². The van der Waals surface area contributed by atoms with E-state index in [1.54, 1.807) is 6.07 Å². The Bertz CT molecular complexity index is 731. The van der Waals surface area contributed by atoms with E-state index in [2.05, 4.69) is 4.98 Å². The van der Waals surface area contributed by atoms with E-state index < -0.39 is 5.91 Å². The molecular weight excluding hydrogens is 252 g/mol. The number of furan rings is 1. The molecule has 0 unspecified atom stereocenters. The van der Waals surface area contributed by atoms with Gasteiger partial charge in [0, 0.05) is 10.9 Å². The average Bonchev–Trinajstić information content (AvgIpc) is 3.00. The number of hydrogen-bond acceptors (Lipinski definition) is 5. The van der Waals surface area contributed by atoms with Crippen LogP contribution in [0.3, 0.4) is 0 Å². The minimum Gasteiger partial charge on any atom is -0.504 e. The summed E-state index contributed by atoms with van der Waals surface area (Å²) in [6, 6.07) is 3.57. The number of carbonyl (C=O) groups is 1. The van der Waals surface area contributed by atoms with Gasteiger partial charge in [0.1, 0.15) is 0 Å². The largest absolute Gasteiger partial charge is 0.504 e. The normalized spacial score (nSPS) is 10.9. The number of aromatic nitrogens is 1. The number of aromatic hydroxyl groups is 1. The average molecular weight is 260 g/mol. The molecule has 18 heavy (non-hydrogen) atoms. The molecule has 90 valence electrons. The molecule has 3 aromatic rings. The highest BCUT2D eigenvalue weighted by Crippen LogP contribution is 2.37. The lowest BCUT2D eigenvalue weighted by Gasteiger charge is -2.05. The van der Waals surface area contributed by atoms with Crippen LogP contribution >= 0.6 is 11.3 Å². The maximum absolute atomic E-state index is 11.3. The summed E-state index contributed by atoms with van der Waals surface area (Å²) in [4.78, 5) is 15.4. The van der Waals surface area contributed by atoms with Crippen molar-refractivity contribution in [3.05, 3.63) is 35.7 Å². The predicted octanol–water partition coefficient (Wildman–Crippen LogP) is 2.36. The van der Waals surface area contributed by atoms with Gasteiger partial charge < -0.3 is 15.3 Å². The Morgan fingerprint density at radius 2 is 2.28 bits per heavy atom. The van der Waals surface area contributed by atoms with Gasteiger partial charge in [-0.05, 0) is 17.5 Å². The molecule has 0 aliphatic carbocycles. The maximum atomic E-state index is 11.3. The monoisotopic (exact) mass is 260 g/mol. The third kappa shape index (κ3) is 1.46. The Kier molecular flexibility index (Phi) is 2.31. The molecule has 3 heterocycles. The molecule has 0 aliphatic rings. The van der Waals surface area contributed by atoms with Crippen molar-refractivity contribution in [1.29, 1.82) is 0 Å². The molecule has 0 saturated carbocycles. The van der Waals surface area contributed by atoms with E-state index in [0.29, 0.717) is 10.4 Å². The van der Waals surface area contributed by atoms with Gasteiger partial charge in [-0.3, -0.25) is 4.79 Å². The van der Waals surface area contributed by atoms with Crippen molar-refractivity contribution in [1.82, 2.24) is 4.98 Å². The van der Waals surface area contributed by atoms with Gasteiger partial charge in [-0.2, -0.15) is 0 Å². The zero-order valence-electron chi connectivity index (χ0n) is 9.08. The minimum absolute atomic E-state index is 0.124. The van der Waals surface area contributed by atoms with Gasteiger partial charge in [-0.1, -0.05) is 0 Å². The second-order valence-electron chi connectivity index (χ2n) is 3.70. The lowest BCUT2D eigenvalue weighted by atomic mass is 10.1. The van der Waals surface area contributed by atoms with Gasteiger partial charge in [-0.25, -0.2) is 4.98 Å². The van der Waals surface area contributed by atoms with Crippen molar-refractivity contribution >= 4 is 27.3 Å². The SMILES string of the molecule is NC(=O)c1nc(-c2ccoc2)c2ccsc2c1O. The summed E-state index contributed by atoms with van der Waals surface area (Å²) in [6.07, 6.45) is 3.05. The number of primary amides is 1. The molecule has 0 aromatic carbocycles. The fourth-order valence-corrected chi connectivity index (χ4v) is 2.64. The Labute approximate surface area is 105 Å². The van der Waals surface area contributed by atoms with E-state index >= 15 is 0 Å². The first-order chi connectivity index (χ1) is 8.68. The van der Waals surface area contributed by atoms with E-state index in [1.165, 1.54) is 23.9 Å². The van der Waals surface area contributed by atoms with Crippen LogP contribution in [0.1, 0.15) is 10.5 Å². The molecule has 0 bridgehead atoms. The predicted molar refractivity (Wildman–Crippen MR) is 67.5 cm³/mol. The van der Waals surface area contributed by atoms with Crippen molar-refractivity contribution in [2.75, 3.05) is 0 Å². The van der Waals surface area contributed by atoms with E-state index in [-0.39, 0.29) is 11.4 Å².